The number of halogens is 3. The first-order chi connectivity index (χ1) is 16.3. The van der Waals surface area contributed by atoms with Gasteiger partial charge in [-0.05, 0) is 37.1 Å². The molecule has 1 atom stereocenters. The van der Waals surface area contributed by atoms with E-state index in [4.69, 9.17) is 33.7 Å². The van der Waals surface area contributed by atoms with Crippen LogP contribution in [0.25, 0.3) is 11.3 Å². The maximum absolute atomic E-state index is 15.1. The van der Waals surface area contributed by atoms with Gasteiger partial charge in [0, 0.05) is 23.2 Å². The van der Waals surface area contributed by atoms with Crippen LogP contribution in [0.15, 0.2) is 42.5 Å². The zero-order valence-electron chi connectivity index (χ0n) is 17.9. The topological polar surface area (TPSA) is 102 Å². The number of anilines is 2. The number of carbonyl (C=O) groups excluding carboxylic acids is 2. The Morgan fingerprint density at radius 1 is 1.26 bits per heavy atom. The zero-order chi connectivity index (χ0) is 24.0. The van der Waals surface area contributed by atoms with Crippen LogP contribution in [0.3, 0.4) is 0 Å². The highest BCUT2D eigenvalue weighted by atomic mass is 35.5. The average Bonchev–Trinajstić information content (AvgIpc) is 3.16. The van der Waals surface area contributed by atoms with Crippen molar-refractivity contribution in [1.29, 1.82) is 0 Å². The molecular formula is C23H20Cl2FN5O3. The van der Waals surface area contributed by atoms with Crippen molar-refractivity contribution in [2.75, 3.05) is 24.1 Å². The van der Waals surface area contributed by atoms with Crippen LogP contribution in [-0.4, -0.2) is 39.8 Å². The molecule has 11 heteroatoms. The van der Waals surface area contributed by atoms with E-state index in [1.54, 1.807) is 24.3 Å². The lowest BCUT2D eigenvalue weighted by atomic mass is 9.83. The number of rotatable bonds is 3. The zero-order valence-corrected chi connectivity index (χ0v) is 19.4. The fraction of sp³-hybridized carbons (Fsp3) is 0.261. The van der Waals surface area contributed by atoms with Gasteiger partial charge in [-0.1, -0.05) is 35.3 Å². The largest absolute Gasteiger partial charge is 0.436 e. The third kappa shape index (κ3) is 3.95. The van der Waals surface area contributed by atoms with Crippen molar-refractivity contribution in [3.05, 3.63) is 63.9 Å². The summed E-state index contributed by atoms with van der Waals surface area (Å²) < 4.78 is 22.1. The van der Waals surface area contributed by atoms with Gasteiger partial charge in [0.15, 0.2) is 11.4 Å². The maximum Gasteiger partial charge on any atom is 0.412 e. The van der Waals surface area contributed by atoms with Crippen LogP contribution in [0.2, 0.25) is 10.0 Å². The molecule has 1 aromatic heterocycles. The normalized spacial score (nSPS) is 19.5. The molecule has 176 valence electrons. The summed E-state index contributed by atoms with van der Waals surface area (Å²) in [6.07, 6.45) is 0.162. The number of fused-ring (bicyclic) bond motifs is 2. The molecule has 5 rings (SSSR count). The van der Waals surface area contributed by atoms with Gasteiger partial charge in [-0.15, -0.1) is 0 Å². The lowest BCUT2D eigenvalue weighted by Gasteiger charge is -2.45. The van der Waals surface area contributed by atoms with E-state index in [0.717, 1.165) is 5.56 Å². The Labute approximate surface area is 204 Å². The Morgan fingerprint density at radius 3 is 2.88 bits per heavy atom. The number of hydrogen-bond donors (Lipinski definition) is 2. The van der Waals surface area contributed by atoms with Gasteiger partial charge in [0.05, 0.1) is 28.5 Å². The fourth-order valence-corrected chi connectivity index (χ4v) is 4.91. The predicted octanol–water partition coefficient (Wildman–Crippen LogP) is 4.66. The summed E-state index contributed by atoms with van der Waals surface area (Å²) in [5.74, 6) is -0.646. The van der Waals surface area contributed by atoms with Gasteiger partial charge in [-0.2, -0.15) is 5.10 Å². The third-order valence-corrected chi connectivity index (χ3v) is 6.63. The van der Waals surface area contributed by atoms with Crippen LogP contribution < -0.4 is 11.1 Å². The van der Waals surface area contributed by atoms with Gasteiger partial charge in [0.25, 0.3) is 0 Å². The minimum absolute atomic E-state index is 0.00810. The van der Waals surface area contributed by atoms with Crippen molar-refractivity contribution in [3.63, 3.8) is 0 Å². The van der Waals surface area contributed by atoms with Crippen molar-refractivity contribution in [3.8, 4) is 11.3 Å². The Kier molecular flexibility index (Phi) is 5.61. The average molecular weight is 504 g/mol. The van der Waals surface area contributed by atoms with Crippen molar-refractivity contribution in [1.82, 2.24) is 14.7 Å². The first-order valence-electron chi connectivity index (χ1n) is 10.6. The number of ether oxygens (including phenoxy) is 1. The summed E-state index contributed by atoms with van der Waals surface area (Å²) in [6, 6.07) is 11.7. The molecule has 2 aromatic carbocycles. The molecule has 1 fully saturated rings. The van der Waals surface area contributed by atoms with Gasteiger partial charge < -0.3 is 15.4 Å². The van der Waals surface area contributed by atoms with Gasteiger partial charge in [0.2, 0.25) is 5.91 Å². The predicted molar refractivity (Wildman–Crippen MR) is 126 cm³/mol. The molecule has 3 aromatic rings. The second-order valence-electron chi connectivity index (χ2n) is 8.33. The number of nitrogens with two attached hydrogens (primary N) is 1. The molecule has 0 aliphatic carbocycles. The fourth-order valence-electron chi connectivity index (χ4n) is 4.56. The minimum Gasteiger partial charge on any atom is -0.436 e. The lowest BCUT2D eigenvalue weighted by Crippen LogP contribution is -2.54. The van der Waals surface area contributed by atoms with E-state index in [0.29, 0.717) is 35.9 Å². The Morgan fingerprint density at radius 2 is 2.09 bits per heavy atom. The van der Waals surface area contributed by atoms with E-state index in [2.05, 4.69) is 10.4 Å². The molecule has 0 unspecified atom stereocenters. The highest BCUT2D eigenvalue weighted by Gasteiger charge is 2.48. The van der Waals surface area contributed by atoms with Crippen molar-refractivity contribution in [2.24, 2.45) is 0 Å². The van der Waals surface area contributed by atoms with Crippen LogP contribution in [0.1, 0.15) is 18.4 Å². The molecule has 2 aliphatic rings. The number of nitrogen functional groups attached to an aromatic ring is 1. The van der Waals surface area contributed by atoms with Gasteiger partial charge in [-0.3, -0.25) is 10.1 Å². The number of benzene rings is 2. The Hall–Kier alpha value is -3.30. The summed E-state index contributed by atoms with van der Waals surface area (Å²) in [4.78, 5) is 27.0. The highest BCUT2D eigenvalue weighted by Crippen LogP contribution is 2.45. The smallest absolute Gasteiger partial charge is 0.412 e. The molecule has 1 saturated heterocycles. The molecule has 2 aliphatic heterocycles. The summed E-state index contributed by atoms with van der Waals surface area (Å²) in [5, 5.41) is 7.43. The van der Waals surface area contributed by atoms with Gasteiger partial charge >= 0.3 is 6.09 Å². The molecular weight excluding hydrogens is 484 g/mol. The molecule has 1 spiro atoms. The third-order valence-electron chi connectivity index (χ3n) is 6.10. The number of aromatic nitrogens is 2. The number of hydrogen-bond acceptors (Lipinski definition) is 5. The summed E-state index contributed by atoms with van der Waals surface area (Å²) >= 11 is 12.1. The van der Waals surface area contributed by atoms with E-state index >= 15 is 4.39 Å². The minimum atomic E-state index is -1.33. The molecule has 3 heterocycles. The molecule has 0 radical (unpaired) electrons. The van der Waals surface area contributed by atoms with Gasteiger partial charge in [0.1, 0.15) is 12.4 Å². The Balaban J connectivity index is 1.40. The number of amides is 2. The quantitative estimate of drug-likeness (QED) is 0.541. The summed E-state index contributed by atoms with van der Waals surface area (Å²) in [7, 11) is 0. The van der Waals surface area contributed by atoms with Crippen LogP contribution in [0, 0.1) is 5.82 Å². The summed E-state index contributed by atoms with van der Waals surface area (Å²) in [6.45, 7) is 0.288. The number of likely N-dealkylation sites (tertiary alicyclic amines) is 1. The Bertz CT molecular complexity index is 1310. The number of piperidine rings is 1. The van der Waals surface area contributed by atoms with E-state index in [1.807, 2.05) is 6.07 Å². The molecule has 3 N–H and O–H groups in total. The van der Waals surface area contributed by atoms with Crippen LogP contribution in [0.5, 0.6) is 0 Å². The lowest BCUT2D eigenvalue weighted by molar-refractivity contribution is -0.140. The second kappa shape index (κ2) is 8.48. The highest BCUT2D eigenvalue weighted by molar-refractivity contribution is 6.31. The number of nitrogens with zero attached hydrogens (tertiary/aromatic N) is 3. The van der Waals surface area contributed by atoms with Crippen molar-refractivity contribution in [2.45, 2.75) is 25.0 Å². The van der Waals surface area contributed by atoms with Crippen molar-refractivity contribution >= 4 is 46.7 Å². The van der Waals surface area contributed by atoms with Crippen LogP contribution in [0.4, 0.5) is 20.7 Å². The van der Waals surface area contributed by atoms with Crippen LogP contribution >= 0.6 is 23.2 Å². The van der Waals surface area contributed by atoms with E-state index < -0.39 is 17.5 Å². The number of nitrogens with one attached hydrogen (secondary N) is 1. The molecule has 0 saturated carbocycles. The monoisotopic (exact) mass is 503 g/mol. The molecule has 0 bridgehead atoms. The van der Waals surface area contributed by atoms with E-state index in [1.165, 1.54) is 21.7 Å². The maximum atomic E-state index is 15.1. The van der Waals surface area contributed by atoms with Gasteiger partial charge in [-0.25, -0.2) is 13.9 Å². The van der Waals surface area contributed by atoms with Crippen LogP contribution in [-0.2, 0) is 21.7 Å². The van der Waals surface area contributed by atoms with Crippen molar-refractivity contribution < 1.29 is 18.7 Å². The van der Waals surface area contributed by atoms with E-state index in [9.17, 15) is 9.59 Å². The first-order valence-corrected chi connectivity index (χ1v) is 11.4. The SMILES string of the molecule is Nc1cc(-c2cccc(Cl)c2)nn1CC(=O)N1CCC[C@@]2(C1)OC(=O)Nc1ccc(Cl)c(F)c12. The van der Waals surface area contributed by atoms with E-state index in [-0.39, 0.29) is 35.3 Å². The second-order valence-corrected chi connectivity index (χ2v) is 9.18. The first kappa shape index (κ1) is 22.5. The molecule has 8 nitrogen and oxygen atoms in total. The summed E-state index contributed by atoms with van der Waals surface area (Å²) in [5.41, 5.74) is 6.57. The standard InChI is InChI=1S/C23H20Cl2FN5O3/c24-14-4-1-3-13(9-14)17-10-18(27)31(29-17)11-19(32)30-8-2-7-23(12-30)20-16(28-22(33)34-23)6-5-15(25)21(20)26/h1,3-6,9-10H,2,7-8,11-12,27H2,(H,28,33)/t23-/m0/s1. The molecule has 34 heavy (non-hydrogen) atoms. The number of carbonyl (C=O) groups is 2. The molecule has 2 amide bonds.